The predicted octanol–water partition coefficient (Wildman–Crippen LogP) is 6.98. The summed E-state index contributed by atoms with van der Waals surface area (Å²) in [6, 6.07) is 12.6. The number of carbonyl (C=O) groups excluding carboxylic acids is 2. The number of urea groups is 1. The van der Waals surface area contributed by atoms with Crippen molar-refractivity contribution in [2.75, 3.05) is 18.4 Å². The van der Waals surface area contributed by atoms with Gasteiger partial charge in [0.2, 0.25) is 5.91 Å². The maximum absolute atomic E-state index is 13.4. The number of thiophene rings is 1. The molecule has 0 saturated heterocycles. The van der Waals surface area contributed by atoms with Crippen molar-refractivity contribution >= 4 is 52.2 Å². The number of anilines is 1. The highest BCUT2D eigenvalue weighted by Crippen LogP contribution is 2.29. The van der Waals surface area contributed by atoms with Crippen LogP contribution >= 0.6 is 34.5 Å². The minimum Gasteiger partial charge on any atom is -0.332 e. The molecule has 0 unspecified atom stereocenters. The summed E-state index contributed by atoms with van der Waals surface area (Å²) in [5, 5.41) is 5.30. The first kappa shape index (κ1) is 26.0. The van der Waals surface area contributed by atoms with Gasteiger partial charge in [0.1, 0.15) is 12.4 Å². The molecule has 0 aliphatic carbocycles. The van der Waals surface area contributed by atoms with Crippen molar-refractivity contribution in [2.45, 2.75) is 33.4 Å². The number of halogens is 3. The molecule has 9 heteroatoms. The van der Waals surface area contributed by atoms with Crippen molar-refractivity contribution in [1.29, 1.82) is 0 Å². The molecule has 2 aromatic carbocycles. The van der Waals surface area contributed by atoms with Crippen molar-refractivity contribution in [2.24, 2.45) is 0 Å². The summed E-state index contributed by atoms with van der Waals surface area (Å²) in [5.41, 5.74) is 2.28. The molecule has 0 fully saturated rings. The van der Waals surface area contributed by atoms with Crippen molar-refractivity contribution in [3.63, 3.8) is 0 Å². The highest BCUT2D eigenvalue weighted by molar-refractivity contribution is 7.10. The molecule has 5 nitrogen and oxygen atoms in total. The van der Waals surface area contributed by atoms with E-state index in [0.717, 1.165) is 16.0 Å². The van der Waals surface area contributed by atoms with Crippen LogP contribution in [0.5, 0.6) is 0 Å². The lowest BCUT2D eigenvalue weighted by molar-refractivity contribution is -0.133. The molecule has 180 valence electrons. The summed E-state index contributed by atoms with van der Waals surface area (Å²) in [7, 11) is 0. The fraction of sp³-hybridized carbons (Fsp3) is 0.280. The first-order valence-electron chi connectivity index (χ1n) is 10.8. The van der Waals surface area contributed by atoms with Gasteiger partial charge < -0.3 is 15.1 Å². The van der Waals surface area contributed by atoms with E-state index in [-0.39, 0.29) is 23.3 Å². The van der Waals surface area contributed by atoms with Gasteiger partial charge in [-0.2, -0.15) is 0 Å². The topological polar surface area (TPSA) is 52.7 Å². The lowest BCUT2D eigenvalue weighted by atomic mass is 10.2. The number of hydrogen-bond acceptors (Lipinski definition) is 3. The van der Waals surface area contributed by atoms with Crippen LogP contribution in [-0.4, -0.2) is 34.8 Å². The van der Waals surface area contributed by atoms with E-state index in [2.05, 4.69) is 5.32 Å². The molecule has 0 aliphatic rings. The van der Waals surface area contributed by atoms with Gasteiger partial charge in [-0.1, -0.05) is 48.3 Å². The van der Waals surface area contributed by atoms with E-state index in [4.69, 9.17) is 23.2 Å². The molecule has 3 aromatic rings. The van der Waals surface area contributed by atoms with Gasteiger partial charge in [0.15, 0.2) is 0 Å². The number of nitrogens with zero attached hydrogens (tertiary/aromatic N) is 2. The molecule has 0 radical (unpaired) electrons. The lowest BCUT2D eigenvalue weighted by Gasteiger charge is -2.28. The van der Waals surface area contributed by atoms with E-state index in [1.807, 2.05) is 25.3 Å². The van der Waals surface area contributed by atoms with E-state index in [9.17, 15) is 14.0 Å². The van der Waals surface area contributed by atoms with Crippen LogP contribution < -0.4 is 5.32 Å². The summed E-state index contributed by atoms with van der Waals surface area (Å²) >= 11 is 13.8. The lowest BCUT2D eigenvalue weighted by Crippen LogP contribution is -2.44. The monoisotopic (exact) mass is 521 g/mol. The zero-order valence-corrected chi connectivity index (χ0v) is 21.3. The van der Waals surface area contributed by atoms with Crippen LogP contribution in [0.15, 0.2) is 53.9 Å². The van der Waals surface area contributed by atoms with Crippen LogP contribution in [0.4, 0.5) is 14.9 Å². The van der Waals surface area contributed by atoms with Crippen LogP contribution in [0.25, 0.3) is 0 Å². The molecule has 0 aliphatic heterocycles. The second kappa shape index (κ2) is 12.2. The second-order valence-electron chi connectivity index (χ2n) is 7.86. The Morgan fingerprint density at radius 3 is 2.41 bits per heavy atom. The van der Waals surface area contributed by atoms with Crippen LogP contribution in [-0.2, 0) is 17.9 Å². The van der Waals surface area contributed by atoms with Gasteiger partial charge in [-0.15, -0.1) is 11.3 Å². The Balaban J connectivity index is 1.78. The number of benzene rings is 2. The quantitative estimate of drug-likeness (QED) is 0.330. The Morgan fingerprint density at radius 1 is 1.03 bits per heavy atom. The maximum atomic E-state index is 13.4. The molecule has 3 rings (SSSR count). The van der Waals surface area contributed by atoms with E-state index >= 15 is 0 Å². The third-order valence-corrected chi connectivity index (χ3v) is 7.07. The molecule has 3 amide bonds. The predicted molar refractivity (Wildman–Crippen MR) is 137 cm³/mol. The third kappa shape index (κ3) is 6.95. The van der Waals surface area contributed by atoms with Crippen molar-refractivity contribution in [3.05, 3.63) is 85.8 Å². The number of amides is 3. The molecule has 1 N–H and O–H groups in total. The maximum Gasteiger partial charge on any atom is 0.322 e. The smallest absolute Gasteiger partial charge is 0.322 e. The standard InChI is InChI=1S/C25H26Cl2FN3O2S/c1-3-12-30(25(33)29-21-6-4-5-20(26)24(21)27)16-23(32)31(15-22-17(2)11-13-34-22)14-18-7-9-19(28)10-8-18/h4-11,13H,3,12,14-16H2,1-2H3,(H,29,33). The Kier molecular flexibility index (Phi) is 9.33. The van der Waals surface area contributed by atoms with Gasteiger partial charge in [0, 0.05) is 18.0 Å². The van der Waals surface area contributed by atoms with E-state index in [1.165, 1.54) is 17.0 Å². The van der Waals surface area contributed by atoms with Gasteiger partial charge in [0.25, 0.3) is 0 Å². The van der Waals surface area contributed by atoms with Crippen LogP contribution in [0.3, 0.4) is 0 Å². The molecular weight excluding hydrogens is 496 g/mol. The van der Waals surface area contributed by atoms with E-state index in [0.29, 0.717) is 36.8 Å². The minimum atomic E-state index is -0.437. The number of aryl methyl sites for hydroxylation is 1. The zero-order valence-electron chi connectivity index (χ0n) is 19.0. The molecule has 1 aromatic heterocycles. The summed E-state index contributed by atoms with van der Waals surface area (Å²) in [4.78, 5) is 30.6. The SMILES string of the molecule is CCCN(CC(=O)N(Cc1ccc(F)cc1)Cc1sccc1C)C(=O)Nc1cccc(Cl)c1Cl. The Bertz CT molecular complexity index is 1140. The van der Waals surface area contributed by atoms with E-state index < -0.39 is 6.03 Å². The summed E-state index contributed by atoms with van der Waals surface area (Å²) < 4.78 is 13.4. The van der Waals surface area contributed by atoms with Crippen LogP contribution in [0, 0.1) is 12.7 Å². The molecule has 0 atom stereocenters. The summed E-state index contributed by atoms with van der Waals surface area (Å²) in [6.07, 6.45) is 0.673. The van der Waals surface area contributed by atoms with Crippen molar-refractivity contribution in [3.8, 4) is 0 Å². The third-order valence-electron chi connectivity index (χ3n) is 5.24. The zero-order chi connectivity index (χ0) is 24.7. The molecule has 1 heterocycles. The second-order valence-corrected chi connectivity index (χ2v) is 9.64. The average Bonchev–Trinajstić information content (AvgIpc) is 3.21. The van der Waals surface area contributed by atoms with Crippen molar-refractivity contribution < 1.29 is 14.0 Å². The van der Waals surface area contributed by atoms with Gasteiger partial charge in [-0.3, -0.25) is 4.79 Å². The number of carbonyl (C=O) groups is 2. The Morgan fingerprint density at radius 2 is 1.76 bits per heavy atom. The summed E-state index contributed by atoms with van der Waals surface area (Å²) in [5.74, 6) is -0.542. The summed E-state index contributed by atoms with van der Waals surface area (Å²) in [6.45, 7) is 4.92. The van der Waals surface area contributed by atoms with Crippen LogP contribution in [0.1, 0.15) is 29.3 Å². The molecular formula is C25H26Cl2FN3O2S. The first-order chi connectivity index (χ1) is 16.3. The number of nitrogens with one attached hydrogen (secondary N) is 1. The fourth-order valence-electron chi connectivity index (χ4n) is 3.36. The molecule has 34 heavy (non-hydrogen) atoms. The molecule has 0 saturated carbocycles. The first-order valence-corrected chi connectivity index (χ1v) is 12.5. The largest absolute Gasteiger partial charge is 0.332 e. The van der Waals surface area contributed by atoms with Crippen LogP contribution in [0.2, 0.25) is 10.0 Å². The van der Waals surface area contributed by atoms with E-state index in [1.54, 1.807) is 46.6 Å². The Hall–Kier alpha value is -2.61. The highest BCUT2D eigenvalue weighted by Gasteiger charge is 2.23. The molecule has 0 bridgehead atoms. The minimum absolute atomic E-state index is 0.108. The van der Waals surface area contributed by atoms with Gasteiger partial charge in [-0.25, -0.2) is 9.18 Å². The van der Waals surface area contributed by atoms with Gasteiger partial charge in [0.05, 0.1) is 22.3 Å². The number of hydrogen-bond donors (Lipinski definition) is 1. The molecule has 0 spiro atoms. The Labute approximate surface area is 213 Å². The van der Waals surface area contributed by atoms with Gasteiger partial charge in [-0.05, 0) is 60.2 Å². The fourth-order valence-corrected chi connectivity index (χ4v) is 4.63. The van der Waals surface area contributed by atoms with Crippen molar-refractivity contribution in [1.82, 2.24) is 9.80 Å². The normalized spacial score (nSPS) is 10.7. The van der Waals surface area contributed by atoms with Gasteiger partial charge >= 0.3 is 6.03 Å². The average molecular weight is 522 g/mol. The number of rotatable bonds is 9. The highest BCUT2D eigenvalue weighted by atomic mass is 35.5.